The highest BCUT2D eigenvalue weighted by molar-refractivity contribution is 7.07. The van der Waals surface area contributed by atoms with E-state index in [4.69, 9.17) is 19.2 Å². The van der Waals surface area contributed by atoms with Gasteiger partial charge in [-0.25, -0.2) is 9.98 Å². The molecule has 172 valence electrons. The van der Waals surface area contributed by atoms with Gasteiger partial charge in [0.15, 0.2) is 16.3 Å². The molecule has 2 aromatic heterocycles. The van der Waals surface area contributed by atoms with Crippen LogP contribution < -0.4 is 19.0 Å². The van der Waals surface area contributed by atoms with Crippen LogP contribution in [0.2, 0.25) is 0 Å². The van der Waals surface area contributed by atoms with Crippen LogP contribution in [0.3, 0.4) is 0 Å². The molecule has 0 unspecified atom stereocenters. The maximum absolute atomic E-state index is 5.58. The topological polar surface area (TPSA) is 62.8 Å². The van der Waals surface area contributed by atoms with Crippen molar-refractivity contribution in [3.63, 3.8) is 0 Å². The van der Waals surface area contributed by atoms with Crippen molar-refractivity contribution in [3.8, 4) is 28.5 Å². The Bertz CT molecular complexity index is 1230. The van der Waals surface area contributed by atoms with Gasteiger partial charge in [-0.05, 0) is 37.6 Å². The highest BCUT2D eigenvalue weighted by atomic mass is 32.1. The lowest BCUT2D eigenvalue weighted by molar-refractivity contribution is 0.324. The first-order valence-electron chi connectivity index (χ1n) is 10.7. The van der Waals surface area contributed by atoms with Crippen molar-refractivity contribution in [2.24, 2.45) is 4.99 Å². The SMILES string of the molecule is COc1cc(-c2csc(=Nc3ccc(C)cc3)n2CCCn2ccnc2)cc(OC)c1OC. The van der Waals surface area contributed by atoms with Gasteiger partial charge in [0.25, 0.3) is 0 Å². The number of aryl methyl sites for hydroxylation is 2. The van der Waals surface area contributed by atoms with Crippen LogP contribution in [0.4, 0.5) is 5.69 Å². The van der Waals surface area contributed by atoms with E-state index in [-0.39, 0.29) is 0 Å². The fraction of sp³-hybridized carbons (Fsp3) is 0.280. The Morgan fingerprint density at radius 3 is 2.30 bits per heavy atom. The van der Waals surface area contributed by atoms with E-state index >= 15 is 0 Å². The Morgan fingerprint density at radius 1 is 0.970 bits per heavy atom. The molecule has 0 aliphatic rings. The zero-order valence-electron chi connectivity index (χ0n) is 19.3. The van der Waals surface area contributed by atoms with E-state index in [0.717, 1.165) is 41.3 Å². The number of rotatable bonds is 9. The third-order valence-electron chi connectivity index (χ3n) is 5.37. The summed E-state index contributed by atoms with van der Waals surface area (Å²) in [7, 11) is 4.87. The maximum atomic E-state index is 5.58. The van der Waals surface area contributed by atoms with Gasteiger partial charge >= 0.3 is 0 Å². The molecule has 4 aromatic rings. The number of methoxy groups -OCH3 is 3. The standard InChI is InChI=1S/C25H28N4O3S/c1-18-6-8-20(9-7-18)27-25-29(12-5-11-28-13-10-26-17-28)21(16-33-25)19-14-22(30-2)24(32-4)23(15-19)31-3/h6-10,13-17H,5,11-12H2,1-4H3. The van der Waals surface area contributed by atoms with Crippen LogP contribution in [0.25, 0.3) is 11.3 Å². The molecule has 0 amide bonds. The molecule has 0 N–H and O–H groups in total. The van der Waals surface area contributed by atoms with Gasteiger partial charge in [-0.3, -0.25) is 0 Å². The Kier molecular flexibility index (Phi) is 7.14. The second kappa shape index (κ2) is 10.4. The summed E-state index contributed by atoms with van der Waals surface area (Å²) >= 11 is 1.62. The van der Waals surface area contributed by atoms with Gasteiger partial charge in [0.05, 0.1) is 39.0 Å². The second-order valence-electron chi connectivity index (χ2n) is 7.57. The number of hydrogen-bond acceptors (Lipinski definition) is 6. The van der Waals surface area contributed by atoms with Crippen molar-refractivity contribution >= 4 is 17.0 Å². The summed E-state index contributed by atoms with van der Waals surface area (Å²) in [6.07, 6.45) is 6.56. The lowest BCUT2D eigenvalue weighted by Gasteiger charge is -2.15. The minimum Gasteiger partial charge on any atom is -0.493 e. The number of thiazole rings is 1. The molecule has 0 aliphatic heterocycles. The van der Waals surface area contributed by atoms with Gasteiger partial charge in [0.1, 0.15) is 0 Å². The monoisotopic (exact) mass is 464 g/mol. The molecule has 0 atom stereocenters. The molecule has 0 aliphatic carbocycles. The van der Waals surface area contributed by atoms with E-state index in [2.05, 4.69) is 38.6 Å². The zero-order chi connectivity index (χ0) is 23.2. The van der Waals surface area contributed by atoms with Crippen LogP contribution in [0.5, 0.6) is 17.2 Å². The lowest BCUT2D eigenvalue weighted by Crippen LogP contribution is -2.17. The van der Waals surface area contributed by atoms with Crippen molar-refractivity contribution in [1.82, 2.24) is 14.1 Å². The van der Waals surface area contributed by atoms with E-state index in [0.29, 0.717) is 17.2 Å². The molecule has 7 nitrogen and oxygen atoms in total. The molecular formula is C25H28N4O3S. The summed E-state index contributed by atoms with van der Waals surface area (Å²) in [5.41, 5.74) is 4.18. The maximum Gasteiger partial charge on any atom is 0.203 e. The Hall–Kier alpha value is -3.52. The fourth-order valence-corrected chi connectivity index (χ4v) is 4.61. The summed E-state index contributed by atoms with van der Waals surface area (Å²) in [5, 5.41) is 2.13. The quantitative estimate of drug-likeness (QED) is 0.347. The van der Waals surface area contributed by atoms with Crippen molar-refractivity contribution in [2.75, 3.05) is 21.3 Å². The molecule has 0 fully saturated rings. The Morgan fingerprint density at radius 2 is 1.70 bits per heavy atom. The van der Waals surface area contributed by atoms with E-state index in [1.165, 1.54) is 5.56 Å². The van der Waals surface area contributed by atoms with Crippen LogP contribution in [-0.2, 0) is 13.1 Å². The molecule has 0 saturated heterocycles. The largest absolute Gasteiger partial charge is 0.493 e. The number of ether oxygens (including phenoxy) is 3. The van der Waals surface area contributed by atoms with Gasteiger partial charge < -0.3 is 23.3 Å². The zero-order valence-corrected chi connectivity index (χ0v) is 20.1. The molecule has 0 spiro atoms. The van der Waals surface area contributed by atoms with Gasteiger partial charge in [0.2, 0.25) is 5.75 Å². The molecule has 0 saturated carbocycles. The smallest absolute Gasteiger partial charge is 0.203 e. The van der Waals surface area contributed by atoms with Crippen molar-refractivity contribution in [3.05, 3.63) is 70.9 Å². The predicted octanol–water partition coefficient (Wildman–Crippen LogP) is 5.07. The van der Waals surface area contributed by atoms with E-state index < -0.39 is 0 Å². The molecule has 2 aromatic carbocycles. The second-order valence-corrected chi connectivity index (χ2v) is 8.41. The van der Waals surface area contributed by atoms with Crippen molar-refractivity contribution < 1.29 is 14.2 Å². The minimum absolute atomic E-state index is 0.579. The summed E-state index contributed by atoms with van der Waals surface area (Å²) in [6, 6.07) is 12.2. The number of benzene rings is 2. The van der Waals surface area contributed by atoms with E-state index in [9.17, 15) is 0 Å². The fourth-order valence-electron chi connectivity index (χ4n) is 3.65. The highest BCUT2D eigenvalue weighted by Crippen LogP contribution is 2.41. The number of hydrogen-bond donors (Lipinski definition) is 0. The average Bonchev–Trinajstić information content (AvgIpc) is 3.50. The third kappa shape index (κ3) is 5.12. The van der Waals surface area contributed by atoms with E-state index in [1.54, 1.807) is 38.9 Å². The molecular weight excluding hydrogens is 436 g/mol. The average molecular weight is 465 g/mol. The summed E-state index contributed by atoms with van der Waals surface area (Å²) in [4.78, 5) is 10.0. The van der Waals surface area contributed by atoms with Gasteiger partial charge in [-0.1, -0.05) is 17.7 Å². The Labute approximate surface area is 197 Å². The summed E-state index contributed by atoms with van der Waals surface area (Å²) < 4.78 is 21.0. The molecule has 8 heteroatoms. The number of aromatic nitrogens is 3. The first-order valence-corrected chi connectivity index (χ1v) is 11.6. The molecule has 0 radical (unpaired) electrons. The number of nitrogens with zero attached hydrogens (tertiary/aromatic N) is 4. The summed E-state index contributed by atoms with van der Waals surface area (Å²) in [5.74, 6) is 1.83. The first kappa shape index (κ1) is 22.7. The van der Waals surface area contributed by atoms with Crippen molar-refractivity contribution in [1.29, 1.82) is 0 Å². The van der Waals surface area contributed by atoms with Crippen LogP contribution in [0.1, 0.15) is 12.0 Å². The van der Waals surface area contributed by atoms with Gasteiger partial charge in [-0.15, -0.1) is 11.3 Å². The van der Waals surface area contributed by atoms with Gasteiger partial charge in [-0.2, -0.15) is 0 Å². The molecule has 2 heterocycles. The van der Waals surface area contributed by atoms with Crippen LogP contribution in [0.15, 0.2) is 65.5 Å². The molecule has 4 rings (SSSR count). The Balaban J connectivity index is 1.77. The predicted molar refractivity (Wildman–Crippen MR) is 131 cm³/mol. The first-order chi connectivity index (χ1) is 16.1. The minimum atomic E-state index is 0.579. The van der Waals surface area contributed by atoms with Gasteiger partial charge in [0, 0.05) is 36.4 Å². The van der Waals surface area contributed by atoms with Crippen LogP contribution in [0, 0.1) is 6.92 Å². The van der Waals surface area contributed by atoms with Crippen LogP contribution in [-0.4, -0.2) is 35.4 Å². The number of imidazole rings is 1. The molecule has 33 heavy (non-hydrogen) atoms. The van der Waals surface area contributed by atoms with Crippen LogP contribution >= 0.6 is 11.3 Å². The lowest BCUT2D eigenvalue weighted by atomic mass is 10.1. The van der Waals surface area contributed by atoms with E-state index in [1.807, 2.05) is 36.8 Å². The van der Waals surface area contributed by atoms with Crippen molar-refractivity contribution in [2.45, 2.75) is 26.4 Å². The highest BCUT2D eigenvalue weighted by Gasteiger charge is 2.17. The molecule has 0 bridgehead atoms. The summed E-state index contributed by atoms with van der Waals surface area (Å²) in [6.45, 7) is 3.76. The normalized spacial score (nSPS) is 11.6. The third-order valence-corrected chi connectivity index (χ3v) is 6.24.